The summed E-state index contributed by atoms with van der Waals surface area (Å²) in [6.07, 6.45) is 0.617. The molecule has 5 rings (SSSR count). The molecular weight excluding hydrogens is 439 g/mol. The van der Waals surface area contributed by atoms with Crippen LogP contribution in [-0.4, -0.2) is 59.2 Å². The molecule has 2 heterocycles. The first-order valence-electron chi connectivity index (χ1n) is 12.3. The van der Waals surface area contributed by atoms with Gasteiger partial charge in [0.15, 0.2) is 0 Å². The van der Waals surface area contributed by atoms with Gasteiger partial charge in [-0.2, -0.15) is 5.10 Å². The number of halogens is 1. The van der Waals surface area contributed by atoms with E-state index in [4.69, 9.17) is 5.10 Å². The first kappa shape index (κ1) is 23.4. The van der Waals surface area contributed by atoms with Crippen LogP contribution in [0, 0.1) is 12.7 Å². The van der Waals surface area contributed by atoms with Crippen LogP contribution in [0.1, 0.15) is 34.7 Å². The lowest BCUT2D eigenvalue weighted by Crippen LogP contribution is -2.49. The van der Waals surface area contributed by atoms with Crippen molar-refractivity contribution in [1.29, 1.82) is 0 Å². The molecule has 0 radical (unpaired) electrons. The molecule has 0 N–H and O–H groups in total. The van der Waals surface area contributed by atoms with Gasteiger partial charge in [0.25, 0.3) is 5.91 Å². The molecule has 5 nitrogen and oxygen atoms in total. The standard InChI is InChI=1S/C29H31FN4O/c1-22-6-5-9-25(18-22)27-19-28(24-10-12-26(30)13-11-24)34(31-27)29(35)21-33-16-14-32(15-17-33)20-23-7-3-2-4-8-23/h2-13,18,28H,14-17,19-21H2,1H3/t28-/m1/s1. The number of amides is 1. The first-order valence-corrected chi connectivity index (χ1v) is 12.3. The van der Waals surface area contributed by atoms with E-state index < -0.39 is 0 Å². The van der Waals surface area contributed by atoms with E-state index in [0.717, 1.165) is 55.1 Å². The normalized spacial score (nSPS) is 19.1. The lowest BCUT2D eigenvalue weighted by Gasteiger charge is -2.35. The van der Waals surface area contributed by atoms with Gasteiger partial charge in [0.1, 0.15) is 5.82 Å². The maximum Gasteiger partial charge on any atom is 0.257 e. The van der Waals surface area contributed by atoms with Crippen molar-refractivity contribution in [1.82, 2.24) is 14.8 Å². The molecule has 180 valence electrons. The summed E-state index contributed by atoms with van der Waals surface area (Å²) in [5.41, 5.74) is 5.29. The van der Waals surface area contributed by atoms with Crippen LogP contribution < -0.4 is 0 Å². The van der Waals surface area contributed by atoms with Crippen molar-refractivity contribution in [3.8, 4) is 0 Å². The predicted octanol–water partition coefficient (Wildman–Crippen LogP) is 4.63. The highest BCUT2D eigenvalue weighted by atomic mass is 19.1. The average molecular weight is 471 g/mol. The SMILES string of the molecule is Cc1cccc(C2=NN(C(=O)CN3CCN(Cc4ccccc4)CC3)[C@@H](c3ccc(F)cc3)C2)c1. The first-order chi connectivity index (χ1) is 17.0. The fraction of sp³-hybridized carbons (Fsp3) is 0.310. The Labute approximate surface area is 206 Å². The number of carbonyl (C=O) groups is 1. The van der Waals surface area contributed by atoms with Crippen LogP contribution in [0.25, 0.3) is 0 Å². The zero-order valence-corrected chi connectivity index (χ0v) is 20.1. The van der Waals surface area contributed by atoms with Gasteiger partial charge in [0.2, 0.25) is 0 Å². The molecule has 1 atom stereocenters. The third-order valence-electron chi connectivity index (χ3n) is 6.84. The van der Waals surface area contributed by atoms with Crippen molar-refractivity contribution < 1.29 is 9.18 Å². The average Bonchev–Trinajstić information content (AvgIpc) is 3.32. The Balaban J connectivity index is 1.27. The Bertz CT molecular complexity index is 1190. The Morgan fingerprint density at radius 2 is 1.63 bits per heavy atom. The van der Waals surface area contributed by atoms with Crippen LogP contribution in [-0.2, 0) is 11.3 Å². The lowest BCUT2D eigenvalue weighted by atomic mass is 9.97. The minimum absolute atomic E-state index is 0.0153. The van der Waals surface area contributed by atoms with Gasteiger partial charge in [0, 0.05) is 39.1 Å². The van der Waals surface area contributed by atoms with Gasteiger partial charge >= 0.3 is 0 Å². The van der Waals surface area contributed by atoms with Gasteiger partial charge in [-0.1, -0.05) is 72.3 Å². The van der Waals surface area contributed by atoms with Crippen LogP contribution in [0.4, 0.5) is 4.39 Å². The fourth-order valence-electron chi connectivity index (χ4n) is 4.89. The van der Waals surface area contributed by atoms with E-state index >= 15 is 0 Å². The summed E-state index contributed by atoms with van der Waals surface area (Å²) in [4.78, 5) is 18.1. The molecule has 0 aromatic heterocycles. The van der Waals surface area contributed by atoms with Crippen molar-refractivity contribution in [2.45, 2.75) is 25.9 Å². The maximum absolute atomic E-state index is 13.6. The van der Waals surface area contributed by atoms with E-state index in [2.05, 4.69) is 53.1 Å². The maximum atomic E-state index is 13.6. The summed E-state index contributed by atoms with van der Waals surface area (Å²) in [7, 11) is 0. The zero-order valence-electron chi connectivity index (χ0n) is 20.1. The number of hydrazone groups is 1. The summed E-state index contributed by atoms with van der Waals surface area (Å²) in [6, 6.07) is 24.9. The predicted molar refractivity (Wildman–Crippen MR) is 136 cm³/mol. The van der Waals surface area contributed by atoms with Crippen molar-refractivity contribution in [3.63, 3.8) is 0 Å². The monoisotopic (exact) mass is 470 g/mol. The minimum Gasteiger partial charge on any atom is -0.297 e. The highest BCUT2D eigenvalue weighted by molar-refractivity contribution is 6.03. The molecule has 0 unspecified atom stereocenters. The lowest BCUT2D eigenvalue weighted by molar-refractivity contribution is -0.134. The minimum atomic E-state index is -0.280. The number of benzene rings is 3. The van der Waals surface area contributed by atoms with Gasteiger partial charge in [-0.3, -0.25) is 14.6 Å². The van der Waals surface area contributed by atoms with E-state index in [1.165, 1.54) is 17.7 Å². The number of hydrogen-bond acceptors (Lipinski definition) is 4. The van der Waals surface area contributed by atoms with Crippen LogP contribution in [0.15, 0.2) is 84.0 Å². The summed E-state index contributed by atoms with van der Waals surface area (Å²) < 4.78 is 13.6. The Morgan fingerprint density at radius 1 is 0.914 bits per heavy atom. The quantitative estimate of drug-likeness (QED) is 0.527. The van der Waals surface area contributed by atoms with Gasteiger partial charge in [-0.05, 0) is 35.7 Å². The molecule has 0 saturated carbocycles. The largest absolute Gasteiger partial charge is 0.297 e. The van der Waals surface area contributed by atoms with Gasteiger partial charge in [0.05, 0.1) is 18.3 Å². The number of hydrogen-bond donors (Lipinski definition) is 0. The van der Waals surface area contributed by atoms with Crippen LogP contribution in [0.3, 0.4) is 0 Å². The highest BCUT2D eigenvalue weighted by Crippen LogP contribution is 2.33. The van der Waals surface area contributed by atoms with Gasteiger partial charge in [-0.15, -0.1) is 0 Å². The molecule has 1 saturated heterocycles. The van der Waals surface area contributed by atoms with Crippen LogP contribution in [0.2, 0.25) is 0 Å². The Hall–Kier alpha value is -3.35. The van der Waals surface area contributed by atoms with Crippen LogP contribution >= 0.6 is 0 Å². The number of carbonyl (C=O) groups excluding carboxylic acids is 1. The van der Waals surface area contributed by atoms with Crippen LogP contribution in [0.5, 0.6) is 0 Å². The summed E-state index contributed by atoms with van der Waals surface area (Å²) in [5, 5.41) is 6.41. The number of aryl methyl sites for hydroxylation is 1. The second-order valence-electron chi connectivity index (χ2n) is 9.46. The molecule has 1 amide bonds. The molecule has 0 bridgehead atoms. The number of piperazine rings is 1. The van der Waals surface area contributed by atoms with E-state index in [9.17, 15) is 9.18 Å². The van der Waals surface area contributed by atoms with E-state index in [0.29, 0.717) is 13.0 Å². The second kappa shape index (κ2) is 10.5. The second-order valence-corrected chi connectivity index (χ2v) is 9.46. The van der Waals surface area contributed by atoms with Gasteiger partial charge in [-0.25, -0.2) is 9.40 Å². The molecular formula is C29H31FN4O. The highest BCUT2D eigenvalue weighted by Gasteiger charge is 2.34. The smallest absolute Gasteiger partial charge is 0.257 e. The molecule has 3 aromatic rings. The molecule has 0 aliphatic carbocycles. The topological polar surface area (TPSA) is 39.2 Å². The molecule has 2 aliphatic heterocycles. The summed E-state index contributed by atoms with van der Waals surface area (Å²) in [5.74, 6) is -0.295. The molecule has 6 heteroatoms. The Kier molecular flexibility index (Phi) is 7.02. The zero-order chi connectivity index (χ0) is 24.2. The molecule has 1 fully saturated rings. The number of nitrogens with zero attached hydrogens (tertiary/aromatic N) is 4. The third-order valence-corrected chi connectivity index (χ3v) is 6.84. The summed E-state index contributed by atoms with van der Waals surface area (Å²) >= 11 is 0. The van der Waals surface area contributed by atoms with Gasteiger partial charge < -0.3 is 0 Å². The van der Waals surface area contributed by atoms with Crippen molar-refractivity contribution in [2.75, 3.05) is 32.7 Å². The van der Waals surface area contributed by atoms with Crippen molar-refractivity contribution in [2.24, 2.45) is 5.10 Å². The molecule has 0 spiro atoms. The van der Waals surface area contributed by atoms with Crippen molar-refractivity contribution in [3.05, 3.63) is 107 Å². The molecule has 2 aliphatic rings. The molecule has 35 heavy (non-hydrogen) atoms. The van der Waals surface area contributed by atoms with E-state index in [-0.39, 0.29) is 17.8 Å². The van der Waals surface area contributed by atoms with E-state index in [1.54, 1.807) is 17.1 Å². The fourth-order valence-corrected chi connectivity index (χ4v) is 4.89. The Morgan fingerprint density at radius 3 is 2.34 bits per heavy atom. The number of rotatable bonds is 6. The molecule has 3 aromatic carbocycles. The van der Waals surface area contributed by atoms with E-state index in [1.807, 2.05) is 18.2 Å². The summed E-state index contributed by atoms with van der Waals surface area (Å²) in [6.45, 7) is 6.89. The van der Waals surface area contributed by atoms with Crippen molar-refractivity contribution >= 4 is 11.6 Å². The third kappa shape index (κ3) is 5.66.